The smallest absolute Gasteiger partial charge is 0.239 e. The molecule has 4 heteroatoms. The summed E-state index contributed by atoms with van der Waals surface area (Å²) in [6.45, 7) is 4.36. The molecule has 0 saturated carbocycles. The van der Waals surface area contributed by atoms with Crippen molar-refractivity contribution in [3.8, 4) is 0 Å². The average Bonchev–Trinajstić information content (AvgIpc) is 2.12. The molecule has 0 saturated heterocycles. The van der Waals surface area contributed by atoms with Crippen LogP contribution in [0.3, 0.4) is 0 Å². The number of nitrogens with two attached hydrogens (primary N) is 1. The van der Waals surface area contributed by atoms with Crippen LogP contribution in [0.2, 0.25) is 0 Å². The summed E-state index contributed by atoms with van der Waals surface area (Å²) in [6.07, 6.45) is 2.13. The summed E-state index contributed by atoms with van der Waals surface area (Å²) in [7, 11) is 0. The van der Waals surface area contributed by atoms with Crippen LogP contribution >= 0.6 is 0 Å². The highest BCUT2D eigenvalue weighted by atomic mass is 16.2. The predicted octanol–water partition coefficient (Wildman–Crippen LogP) is 0.00250. The number of hydrogen-bond donors (Lipinski definition) is 3. The molecular weight excluding hydrogens is 168 g/mol. The Kier molecular flexibility index (Phi) is 5.66. The largest absolute Gasteiger partial charge is 0.396 e. The van der Waals surface area contributed by atoms with Gasteiger partial charge in [0.25, 0.3) is 0 Å². The van der Waals surface area contributed by atoms with Crippen molar-refractivity contribution in [2.24, 2.45) is 5.73 Å². The lowest BCUT2D eigenvalue weighted by Crippen LogP contribution is -2.51. The maximum absolute atomic E-state index is 11.4. The average molecular weight is 188 g/mol. The Hall–Kier alpha value is -0.610. The summed E-state index contributed by atoms with van der Waals surface area (Å²) in [5.41, 5.74) is 4.95. The molecule has 78 valence electrons. The third kappa shape index (κ3) is 4.85. The molecular formula is C9H20N2O2. The van der Waals surface area contributed by atoms with Crippen LogP contribution in [0, 0.1) is 0 Å². The van der Waals surface area contributed by atoms with E-state index in [-0.39, 0.29) is 12.5 Å². The monoisotopic (exact) mass is 188 g/mol. The van der Waals surface area contributed by atoms with E-state index in [9.17, 15) is 4.79 Å². The van der Waals surface area contributed by atoms with Gasteiger partial charge in [-0.05, 0) is 26.2 Å². The molecule has 0 bridgehead atoms. The highest BCUT2D eigenvalue weighted by Crippen LogP contribution is 2.03. The van der Waals surface area contributed by atoms with Gasteiger partial charge in [0.15, 0.2) is 0 Å². The fourth-order valence-electron chi connectivity index (χ4n) is 0.801. The second kappa shape index (κ2) is 5.94. The first kappa shape index (κ1) is 12.4. The van der Waals surface area contributed by atoms with Gasteiger partial charge in [-0.3, -0.25) is 4.79 Å². The minimum atomic E-state index is -0.765. The van der Waals surface area contributed by atoms with E-state index in [4.69, 9.17) is 10.8 Å². The van der Waals surface area contributed by atoms with E-state index in [0.29, 0.717) is 19.4 Å². The summed E-state index contributed by atoms with van der Waals surface area (Å²) in [4.78, 5) is 11.4. The Bertz CT molecular complexity index is 158. The van der Waals surface area contributed by atoms with Crippen molar-refractivity contribution in [2.45, 2.75) is 38.6 Å². The van der Waals surface area contributed by atoms with Gasteiger partial charge in [-0.2, -0.15) is 0 Å². The quantitative estimate of drug-likeness (QED) is 0.514. The SMILES string of the molecule is CCC(C)(N)C(=O)NCCCCO. The van der Waals surface area contributed by atoms with Gasteiger partial charge in [0.1, 0.15) is 0 Å². The topological polar surface area (TPSA) is 75.4 Å². The van der Waals surface area contributed by atoms with Crippen molar-refractivity contribution >= 4 is 5.91 Å². The van der Waals surface area contributed by atoms with Crippen molar-refractivity contribution < 1.29 is 9.90 Å². The molecule has 0 rings (SSSR count). The van der Waals surface area contributed by atoms with Crippen LogP contribution in [0.1, 0.15) is 33.1 Å². The molecule has 0 aromatic heterocycles. The van der Waals surface area contributed by atoms with E-state index in [2.05, 4.69) is 5.32 Å². The van der Waals surface area contributed by atoms with Crippen LogP contribution in [0.25, 0.3) is 0 Å². The summed E-state index contributed by atoms with van der Waals surface area (Å²) in [5.74, 6) is -0.118. The lowest BCUT2D eigenvalue weighted by Gasteiger charge is -2.21. The molecule has 4 N–H and O–H groups in total. The minimum Gasteiger partial charge on any atom is -0.396 e. The van der Waals surface area contributed by atoms with Gasteiger partial charge in [0.2, 0.25) is 5.91 Å². The molecule has 0 aromatic carbocycles. The second-order valence-electron chi connectivity index (χ2n) is 3.46. The molecule has 1 unspecified atom stereocenters. The molecule has 0 radical (unpaired) electrons. The van der Waals surface area contributed by atoms with E-state index >= 15 is 0 Å². The first-order valence-corrected chi connectivity index (χ1v) is 4.72. The predicted molar refractivity (Wildman–Crippen MR) is 52.2 cm³/mol. The van der Waals surface area contributed by atoms with Crippen LogP contribution in [-0.4, -0.2) is 29.7 Å². The lowest BCUT2D eigenvalue weighted by molar-refractivity contribution is -0.125. The Morgan fingerprint density at radius 1 is 1.54 bits per heavy atom. The van der Waals surface area contributed by atoms with Crippen molar-refractivity contribution in [2.75, 3.05) is 13.2 Å². The Labute approximate surface area is 79.5 Å². The molecule has 1 atom stereocenters. The zero-order chi connectivity index (χ0) is 10.3. The minimum absolute atomic E-state index is 0.118. The standard InChI is InChI=1S/C9H20N2O2/c1-3-9(2,10)8(13)11-6-4-5-7-12/h12H,3-7,10H2,1-2H3,(H,11,13). The van der Waals surface area contributed by atoms with E-state index in [0.717, 1.165) is 6.42 Å². The molecule has 4 nitrogen and oxygen atoms in total. The van der Waals surface area contributed by atoms with E-state index < -0.39 is 5.54 Å². The first-order chi connectivity index (χ1) is 6.04. The van der Waals surface area contributed by atoms with Gasteiger partial charge in [0, 0.05) is 13.2 Å². The van der Waals surface area contributed by atoms with E-state index in [1.54, 1.807) is 6.92 Å². The molecule has 1 amide bonds. The Morgan fingerprint density at radius 2 is 2.15 bits per heavy atom. The Balaban J connectivity index is 3.62. The summed E-state index contributed by atoms with van der Waals surface area (Å²) < 4.78 is 0. The van der Waals surface area contributed by atoms with Gasteiger partial charge >= 0.3 is 0 Å². The zero-order valence-corrected chi connectivity index (χ0v) is 8.47. The van der Waals surface area contributed by atoms with Crippen molar-refractivity contribution in [3.05, 3.63) is 0 Å². The number of carbonyl (C=O) groups excluding carboxylic acids is 1. The number of aliphatic hydroxyl groups excluding tert-OH is 1. The van der Waals surface area contributed by atoms with Crippen LogP contribution in [0.4, 0.5) is 0 Å². The molecule has 0 aliphatic heterocycles. The van der Waals surface area contributed by atoms with Crippen molar-refractivity contribution in [1.29, 1.82) is 0 Å². The molecule has 13 heavy (non-hydrogen) atoms. The maximum atomic E-state index is 11.4. The number of nitrogens with one attached hydrogen (secondary N) is 1. The normalized spacial score (nSPS) is 15.1. The highest BCUT2D eigenvalue weighted by molar-refractivity contribution is 5.85. The van der Waals surface area contributed by atoms with Gasteiger partial charge < -0.3 is 16.2 Å². The van der Waals surface area contributed by atoms with Crippen LogP contribution in [-0.2, 0) is 4.79 Å². The van der Waals surface area contributed by atoms with Crippen LogP contribution < -0.4 is 11.1 Å². The number of amides is 1. The van der Waals surface area contributed by atoms with Crippen LogP contribution in [0.5, 0.6) is 0 Å². The van der Waals surface area contributed by atoms with Gasteiger partial charge in [0.05, 0.1) is 5.54 Å². The van der Waals surface area contributed by atoms with Gasteiger partial charge in [-0.15, -0.1) is 0 Å². The maximum Gasteiger partial charge on any atom is 0.239 e. The Morgan fingerprint density at radius 3 is 2.62 bits per heavy atom. The summed E-state index contributed by atoms with van der Waals surface area (Å²) in [5, 5.41) is 11.2. The van der Waals surface area contributed by atoms with Crippen LogP contribution in [0.15, 0.2) is 0 Å². The molecule has 0 aliphatic carbocycles. The van der Waals surface area contributed by atoms with E-state index in [1.165, 1.54) is 0 Å². The van der Waals surface area contributed by atoms with E-state index in [1.807, 2.05) is 6.92 Å². The third-order valence-electron chi connectivity index (χ3n) is 2.12. The molecule has 0 aliphatic rings. The van der Waals surface area contributed by atoms with Gasteiger partial charge in [-0.25, -0.2) is 0 Å². The van der Waals surface area contributed by atoms with Crippen molar-refractivity contribution in [1.82, 2.24) is 5.32 Å². The number of unbranched alkanes of at least 4 members (excludes halogenated alkanes) is 1. The fraction of sp³-hybridized carbons (Fsp3) is 0.889. The zero-order valence-electron chi connectivity index (χ0n) is 8.47. The first-order valence-electron chi connectivity index (χ1n) is 4.72. The van der Waals surface area contributed by atoms with Crippen molar-refractivity contribution in [3.63, 3.8) is 0 Å². The second-order valence-corrected chi connectivity index (χ2v) is 3.46. The molecule has 0 aromatic rings. The summed E-state index contributed by atoms with van der Waals surface area (Å²) >= 11 is 0. The van der Waals surface area contributed by atoms with Gasteiger partial charge in [-0.1, -0.05) is 6.92 Å². The third-order valence-corrected chi connectivity index (χ3v) is 2.12. The summed E-state index contributed by atoms with van der Waals surface area (Å²) in [6, 6.07) is 0. The highest BCUT2D eigenvalue weighted by Gasteiger charge is 2.24. The molecule has 0 fully saturated rings. The molecule has 0 heterocycles. The number of hydrogen-bond acceptors (Lipinski definition) is 3. The lowest BCUT2D eigenvalue weighted by atomic mass is 9.99. The fourth-order valence-corrected chi connectivity index (χ4v) is 0.801. The number of aliphatic hydroxyl groups is 1. The molecule has 0 spiro atoms. The number of carbonyl (C=O) groups is 1. The number of rotatable bonds is 6.